The lowest BCUT2D eigenvalue weighted by molar-refractivity contribution is -0.144. The van der Waals surface area contributed by atoms with Gasteiger partial charge in [0.15, 0.2) is 0 Å². The Hall–Kier alpha value is -0.880. The van der Waals surface area contributed by atoms with Gasteiger partial charge in [-0.15, -0.1) is 0 Å². The number of carbonyl (C=O) groups is 2. The van der Waals surface area contributed by atoms with Crippen LogP contribution >= 0.6 is 31.9 Å². The van der Waals surface area contributed by atoms with Crippen LogP contribution < -0.4 is 5.32 Å². The summed E-state index contributed by atoms with van der Waals surface area (Å²) in [5.74, 6) is -1.42. The Morgan fingerprint density at radius 1 is 1.26 bits per heavy atom. The molecule has 1 amide bonds. The average Bonchev–Trinajstić information content (AvgIpc) is 2.38. The van der Waals surface area contributed by atoms with Crippen LogP contribution in [0.3, 0.4) is 0 Å². The van der Waals surface area contributed by atoms with Crippen LogP contribution in [0.2, 0.25) is 0 Å². The molecule has 0 aliphatic rings. The first kappa shape index (κ1) is 16.2. The summed E-state index contributed by atoms with van der Waals surface area (Å²) < 4.78 is 1.38. The lowest BCUT2D eigenvalue weighted by Gasteiger charge is -2.28. The molecule has 0 heterocycles. The number of carboxylic acid groups (broad SMARTS) is 1. The van der Waals surface area contributed by atoms with Crippen LogP contribution in [0.4, 0.5) is 0 Å². The number of rotatable bonds is 5. The Kier molecular flexibility index (Phi) is 5.55. The maximum absolute atomic E-state index is 12.2. The van der Waals surface area contributed by atoms with Gasteiger partial charge in [0, 0.05) is 8.95 Å². The largest absolute Gasteiger partial charge is 0.480 e. The molecule has 0 unspecified atom stereocenters. The predicted molar refractivity (Wildman–Crippen MR) is 80.3 cm³/mol. The quantitative estimate of drug-likeness (QED) is 0.804. The molecule has 6 heteroatoms. The highest BCUT2D eigenvalue weighted by atomic mass is 79.9. The second kappa shape index (κ2) is 6.52. The number of aliphatic carboxylic acids is 1. The predicted octanol–water partition coefficient (Wildman–Crippen LogP) is 3.58. The summed E-state index contributed by atoms with van der Waals surface area (Å²) in [4.78, 5) is 23.6. The molecule has 0 aliphatic carbocycles. The van der Waals surface area contributed by atoms with Gasteiger partial charge in [0.1, 0.15) is 5.54 Å². The molecule has 0 aliphatic heterocycles. The van der Waals surface area contributed by atoms with E-state index in [-0.39, 0.29) is 0 Å². The SMILES string of the molecule is CCC(CC)(NC(=O)c1cc(Br)ccc1Br)C(=O)O. The maximum atomic E-state index is 12.2. The molecule has 0 fully saturated rings. The standard InChI is InChI=1S/C13H15Br2NO3/c1-3-13(4-2,12(18)19)16-11(17)9-7-8(14)5-6-10(9)15/h5-7H,3-4H2,1-2H3,(H,16,17)(H,18,19). The molecule has 0 aromatic heterocycles. The van der Waals surface area contributed by atoms with Crippen molar-refractivity contribution in [2.75, 3.05) is 0 Å². The van der Waals surface area contributed by atoms with Crippen LogP contribution in [0.25, 0.3) is 0 Å². The van der Waals surface area contributed by atoms with Gasteiger partial charge in [-0.25, -0.2) is 4.79 Å². The van der Waals surface area contributed by atoms with E-state index in [4.69, 9.17) is 0 Å². The molecule has 0 saturated carbocycles. The zero-order valence-electron chi connectivity index (χ0n) is 10.7. The van der Waals surface area contributed by atoms with E-state index in [2.05, 4.69) is 37.2 Å². The van der Waals surface area contributed by atoms with Gasteiger partial charge >= 0.3 is 5.97 Å². The van der Waals surface area contributed by atoms with Gasteiger partial charge < -0.3 is 10.4 Å². The summed E-state index contributed by atoms with van der Waals surface area (Å²) >= 11 is 6.58. The van der Waals surface area contributed by atoms with Crippen molar-refractivity contribution < 1.29 is 14.7 Å². The highest BCUT2D eigenvalue weighted by Crippen LogP contribution is 2.23. The van der Waals surface area contributed by atoms with E-state index < -0.39 is 17.4 Å². The van der Waals surface area contributed by atoms with Crippen molar-refractivity contribution in [3.05, 3.63) is 32.7 Å². The van der Waals surface area contributed by atoms with Crippen molar-refractivity contribution in [2.45, 2.75) is 32.2 Å². The normalized spacial score (nSPS) is 11.2. The second-order valence-electron chi connectivity index (χ2n) is 4.17. The lowest BCUT2D eigenvalue weighted by atomic mass is 9.92. The monoisotopic (exact) mass is 391 g/mol. The Labute approximate surface area is 128 Å². The van der Waals surface area contributed by atoms with E-state index in [0.29, 0.717) is 22.9 Å². The molecular weight excluding hydrogens is 378 g/mol. The van der Waals surface area contributed by atoms with Crippen LogP contribution in [0, 0.1) is 0 Å². The Morgan fingerprint density at radius 3 is 2.32 bits per heavy atom. The molecular formula is C13H15Br2NO3. The fraction of sp³-hybridized carbons (Fsp3) is 0.385. The summed E-state index contributed by atoms with van der Waals surface area (Å²) in [6.07, 6.45) is 0.659. The van der Waals surface area contributed by atoms with Gasteiger partial charge in [0.2, 0.25) is 0 Å². The summed E-state index contributed by atoms with van der Waals surface area (Å²) in [6.45, 7) is 3.49. The molecule has 0 bridgehead atoms. The van der Waals surface area contributed by atoms with E-state index >= 15 is 0 Å². The molecule has 104 valence electrons. The van der Waals surface area contributed by atoms with Crippen molar-refractivity contribution in [2.24, 2.45) is 0 Å². The van der Waals surface area contributed by atoms with Crippen LogP contribution in [0.5, 0.6) is 0 Å². The topological polar surface area (TPSA) is 66.4 Å². The Morgan fingerprint density at radius 2 is 1.84 bits per heavy atom. The molecule has 0 spiro atoms. The smallest absolute Gasteiger partial charge is 0.329 e. The first-order valence-corrected chi connectivity index (χ1v) is 7.46. The van der Waals surface area contributed by atoms with Gasteiger partial charge in [-0.05, 0) is 47.0 Å². The molecule has 0 saturated heterocycles. The van der Waals surface area contributed by atoms with Crippen molar-refractivity contribution in [3.8, 4) is 0 Å². The minimum absolute atomic E-state index is 0.330. The van der Waals surface area contributed by atoms with Crippen molar-refractivity contribution in [1.29, 1.82) is 0 Å². The minimum Gasteiger partial charge on any atom is -0.480 e. The number of nitrogens with one attached hydrogen (secondary N) is 1. The summed E-state index contributed by atoms with van der Waals surface area (Å²) in [7, 11) is 0. The minimum atomic E-state index is -1.22. The molecule has 1 aromatic carbocycles. The van der Waals surface area contributed by atoms with Gasteiger partial charge in [-0.3, -0.25) is 4.79 Å². The summed E-state index contributed by atoms with van der Waals surface area (Å²) in [6, 6.07) is 5.18. The highest BCUT2D eigenvalue weighted by molar-refractivity contribution is 9.11. The van der Waals surface area contributed by atoms with Crippen LogP contribution in [0.1, 0.15) is 37.0 Å². The van der Waals surface area contributed by atoms with Crippen LogP contribution in [-0.4, -0.2) is 22.5 Å². The molecule has 1 aromatic rings. The van der Waals surface area contributed by atoms with E-state index in [0.717, 1.165) is 4.47 Å². The fourth-order valence-electron chi connectivity index (χ4n) is 1.74. The molecule has 2 N–H and O–H groups in total. The van der Waals surface area contributed by atoms with Crippen LogP contribution in [0.15, 0.2) is 27.1 Å². The maximum Gasteiger partial charge on any atom is 0.329 e. The first-order valence-electron chi connectivity index (χ1n) is 5.87. The number of benzene rings is 1. The molecule has 0 radical (unpaired) electrons. The molecule has 4 nitrogen and oxygen atoms in total. The van der Waals surface area contributed by atoms with Gasteiger partial charge in [0.05, 0.1) is 5.56 Å². The summed E-state index contributed by atoms with van der Waals surface area (Å²) in [5, 5.41) is 11.9. The zero-order valence-corrected chi connectivity index (χ0v) is 13.8. The van der Waals surface area contributed by atoms with E-state index in [1.807, 2.05) is 0 Å². The number of carboxylic acids is 1. The molecule has 1 rings (SSSR count). The third-order valence-corrected chi connectivity index (χ3v) is 4.33. The number of hydrogen-bond acceptors (Lipinski definition) is 2. The van der Waals surface area contributed by atoms with Gasteiger partial charge in [0.25, 0.3) is 5.91 Å². The molecule has 19 heavy (non-hydrogen) atoms. The fourth-order valence-corrected chi connectivity index (χ4v) is 2.53. The first-order chi connectivity index (χ1) is 8.86. The zero-order chi connectivity index (χ0) is 14.6. The van der Waals surface area contributed by atoms with Crippen LogP contribution in [-0.2, 0) is 4.79 Å². The van der Waals surface area contributed by atoms with Crippen molar-refractivity contribution in [3.63, 3.8) is 0 Å². The average molecular weight is 393 g/mol. The second-order valence-corrected chi connectivity index (χ2v) is 5.94. The number of hydrogen-bond donors (Lipinski definition) is 2. The van der Waals surface area contributed by atoms with Crippen molar-refractivity contribution >= 4 is 43.7 Å². The number of carbonyl (C=O) groups excluding carboxylic acids is 1. The molecule has 0 atom stereocenters. The van der Waals surface area contributed by atoms with E-state index in [9.17, 15) is 14.7 Å². The third-order valence-electron chi connectivity index (χ3n) is 3.14. The lowest BCUT2D eigenvalue weighted by Crippen LogP contribution is -2.53. The highest BCUT2D eigenvalue weighted by Gasteiger charge is 2.36. The Balaban J connectivity index is 3.07. The van der Waals surface area contributed by atoms with Crippen molar-refractivity contribution in [1.82, 2.24) is 5.32 Å². The van der Waals surface area contributed by atoms with Gasteiger partial charge in [-0.2, -0.15) is 0 Å². The third kappa shape index (κ3) is 3.57. The summed E-state index contributed by atoms with van der Waals surface area (Å²) in [5.41, 5.74) is -0.819. The Bertz CT molecular complexity index is 499. The van der Waals surface area contributed by atoms with E-state index in [1.54, 1.807) is 32.0 Å². The number of halogens is 2. The number of amides is 1. The van der Waals surface area contributed by atoms with Gasteiger partial charge in [-0.1, -0.05) is 29.8 Å². The van der Waals surface area contributed by atoms with E-state index in [1.165, 1.54) is 0 Å².